The third kappa shape index (κ3) is 3.19. The van der Waals surface area contributed by atoms with Crippen LogP contribution < -0.4 is 14.2 Å². The molecule has 2 fully saturated rings. The Bertz CT molecular complexity index is 1080. The van der Waals surface area contributed by atoms with Crippen molar-refractivity contribution in [3.63, 3.8) is 0 Å². The van der Waals surface area contributed by atoms with E-state index in [9.17, 15) is 4.79 Å². The molecular weight excluding hydrogens is 426 g/mol. The predicted octanol–water partition coefficient (Wildman–Crippen LogP) is 4.73. The quantitative estimate of drug-likeness (QED) is 0.532. The Morgan fingerprint density at radius 1 is 1.21 bits per heavy atom. The van der Waals surface area contributed by atoms with Crippen molar-refractivity contribution in [2.75, 3.05) is 26.8 Å². The van der Waals surface area contributed by atoms with Crippen molar-refractivity contribution in [1.29, 1.82) is 0 Å². The summed E-state index contributed by atoms with van der Waals surface area (Å²) < 4.78 is 18.8. The van der Waals surface area contributed by atoms with Gasteiger partial charge >= 0.3 is 0 Å². The SMILES string of the molecule is CCCN1CC[C@]23c4c5c(OCCCc6ccccc6)cc(OC)c4O[C@H]2C(=O)CC[C@H]3[C@H]1C5. The molecule has 2 aliphatic carbocycles. The molecule has 5 nitrogen and oxygen atoms in total. The molecule has 0 amide bonds. The maximum Gasteiger partial charge on any atom is 0.174 e. The smallest absolute Gasteiger partial charge is 0.174 e. The molecule has 2 bridgehead atoms. The molecule has 4 atom stereocenters. The molecule has 0 unspecified atom stereocenters. The average molecular weight is 462 g/mol. The molecule has 5 heteroatoms. The number of rotatable bonds is 8. The molecule has 2 heterocycles. The van der Waals surface area contributed by atoms with Crippen LogP contribution >= 0.6 is 0 Å². The molecule has 0 N–H and O–H groups in total. The topological polar surface area (TPSA) is 48.0 Å². The fourth-order valence-corrected chi connectivity index (χ4v) is 7.40. The van der Waals surface area contributed by atoms with Gasteiger partial charge in [0, 0.05) is 35.1 Å². The van der Waals surface area contributed by atoms with Crippen LogP contribution in [-0.4, -0.2) is 49.6 Å². The van der Waals surface area contributed by atoms with E-state index in [4.69, 9.17) is 14.2 Å². The molecular formula is C29H35NO4. The van der Waals surface area contributed by atoms with Gasteiger partial charge in [0.2, 0.25) is 0 Å². The lowest BCUT2D eigenvalue weighted by Crippen LogP contribution is -2.66. The lowest BCUT2D eigenvalue weighted by atomic mass is 9.51. The van der Waals surface area contributed by atoms with E-state index in [0.717, 1.165) is 63.1 Å². The van der Waals surface area contributed by atoms with Gasteiger partial charge in [0.15, 0.2) is 23.4 Å². The largest absolute Gasteiger partial charge is 0.493 e. The fourth-order valence-electron chi connectivity index (χ4n) is 7.40. The highest BCUT2D eigenvalue weighted by atomic mass is 16.5. The minimum atomic E-state index is -0.367. The van der Waals surface area contributed by atoms with Gasteiger partial charge in [-0.15, -0.1) is 0 Å². The highest BCUT2D eigenvalue weighted by molar-refractivity contribution is 5.89. The molecule has 1 saturated carbocycles. The summed E-state index contributed by atoms with van der Waals surface area (Å²) in [5.74, 6) is 3.16. The Labute approximate surface area is 202 Å². The number of hydrogen-bond acceptors (Lipinski definition) is 5. The van der Waals surface area contributed by atoms with E-state index in [1.54, 1.807) is 7.11 Å². The number of Topliss-reactive ketones (excluding diaryl/α,β-unsaturated/α-hetero) is 1. The van der Waals surface area contributed by atoms with Gasteiger partial charge < -0.3 is 14.2 Å². The first kappa shape index (κ1) is 22.0. The minimum Gasteiger partial charge on any atom is -0.493 e. The van der Waals surface area contributed by atoms with E-state index in [1.165, 1.54) is 16.7 Å². The third-order valence-electron chi connectivity index (χ3n) is 8.74. The van der Waals surface area contributed by atoms with Crippen molar-refractivity contribution in [3.05, 3.63) is 53.1 Å². The second kappa shape index (κ2) is 8.60. The molecule has 2 aromatic carbocycles. The van der Waals surface area contributed by atoms with E-state index in [1.807, 2.05) is 6.07 Å². The first-order valence-corrected chi connectivity index (χ1v) is 13.0. The van der Waals surface area contributed by atoms with Gasteiger partial charge in [-0.3, -0.25) is 9.69 Å². The second-order valence-corrected chi connectivity index (χ2v) is 10.4. The number of aryl methyl sites for hydroxylation is 1. The Morgan fingerprint density at radius 3 is 2.85 bits per heavy atom. The molecule has 0 radical (unpaired) electrons. The summed E-state index contributed by atoms with van der Waals surface area (Å²) >= 11 is 0. The van der Waals surface area contributed by atoms with Gasteiger partial charge in [0.25, 0.3) is 0 Å². The summed E-state index contributed by atoms with van der Waals surface area (Å²) in [6.45, 7) is 5.07. The lowest BCUT2D eigenvalue weighted by Gasteiger charge is -2.57. The van der Waals surface area contributed by atoms with Crippen LogP contribution in [0.15, 0.2) is 36.4 Å². The van der Waals surface area contributed by atoms with Gasteiger partial charge in [-0.2, -0.15) is 0 Å². The number of carbonyl (C=O) groups is 1. The molecule has 0 aromatic heterocycles. The number of likely N-dealkylation sites (tertiary alicyclic amines) is 1. The van der Waals surface area contributed by atoms with E-state index < -0.39 is 0 Å². The number of ketones is 1. The highest BCUT2D eigenvalue weighted by Crippen LogP contribution is 2.64. The highest BCUT2D eigenvalue weighted by Gasteiger charge is 2.66. The number of methoxy groups -OCH3 is 1. The van der Waals surface area contributed by atoms with Crippen LogP contribution in [0.2, 0.25) is 0 Å². The van der Waals surface area contributed by atoms with Crippen molar-refractivity contribution in [2.24, 2.45) is 5.92 Å². The second-order valence-electron chi connectivity index (χ2n) is 10.4. The van der Waals surface area contributed by atoms with E-state index in [0.29, 0.717) is 30.7 Å². The van der Waals surface area contributed by atoms with Gasteiger partial charge in [-0.25, -0.2) is 0 Å². The molecule has 4 aliphatic rings. The predicted molar refractivity (Wildman–Crippen MR) is 131 cm³/mol. The summed E-state index contributed by atoms with van der Waals surface area (Å²) in [6.07, 6.45) is 6.28. The number of benzene rings is 2. The summed E-state index contributed by atoms with van der Waals surface area (Å²) in [7, 11) is 1.69. The van der Waals surface area contributed by atoms with Gasteiger partial charge in [-0.05, 0) is 63.1 Å². The first-order chi connectivity index (χ1) is 16.7. The fraction of sp³-hybridized carbons (Fsp3) is 0.552. The number of hydrogen-bond donors (Lipinski definition) is 0. The van der Waals surface area contributed by atoms with Crippen molar-refractivity contribution in [2.45, 2.75) is 69.4 Å². The number of carbonyl (C=O) groups excluding carboxylic acids is 1. The first-order valence-electron chi connectivity index (χ1n) is 13.0. The molecule has 1 saturated heterocycles. The minimum absolute atomic E-state index is 0.218. The molecule has 6 rings (SSSR count). The van der Waals surface area contributed by atoms with Crippen molar-refractivity contribution in [1.82, 2.24) is 4.90 Å². The van der Waals surface area contributed by atoms with Gasteiger partial charge in [0.1, 0.15) is 5.75 Å². The number of nitrogens with zero attached hydrogens (tertiary/aromatic N) is 1. The van der Waals surface area contributed by atoms with Crippen LogP contribution in [-0.2, 0) is 23.1 Å². The van der Waals surface area contributed by atoms with Crippen molar-refractivity contribution in [3.8, 4) is 17.2 Å². The van der Waals surface area contributed by atoms with Gasteiger partial charge in [0.05, 0.1) is 13.7 Å². The van der Waals surface area contributed by atoms with Crippen LogP contribution in [0.3, 0.4) is 0 Å². The van der Waals surface area contributed by atoms with Crippen LogP contribution in [0.1, 0.15) is 55.7 Å². The Kier molecular flexibility index (Phi) is 5.56. The molecule has 2 aliphatic heterocycles. The Morgan fingerprint density at radius 2 is 2.06 bits per heavy atom. The monoisotopic (exact) mass is 461 g/mol. The van der Waals surface area contributed by atoms with Crippen LogP contribution in [0, 0.1) is 5.92 Å². The maximum atomic E-state index is 13.1. The maximum absolute atomic E-state index is 13.1. The zero-order valence-corrected chi connectivity index (χ0v) is 20.3. The zero-order chi connectivity index (χ0) is 23.3. The Hall–Kier alpha value is -2.53. The lowest BCUT2D eigenvalue weighted by molar-refractivity contribution is -0.138. The van der Waals surface area contributed by atoms with Crippen LogP contribution in [0.4, 0.5) is 0 Å². The summed E-state index contributed by atoms with van der Waals surface area (Å²) in [4.78, 5) is 15.8. The molecule has 1 spiro atoms. The van der Waals surface area contributed by atoms with Gasteiger partial charge in [-0.1, -0.05) is 37.3 Å². The third-order valence-corrected chi connectivity index (χ3v) is 8.74. The Balaban J connectivity index is 1.36. The molecule has 2 aromatic rings. The number of ether oxygens (including phenoxy) is 3. The standard InChI is InChI=1S/C29H35NO4/c1-3-14-30-15-13-29-21-11-12-23(31)28(29)34-27-25(32-2)18-24(20(26(27)29)17-22(21)30)33-16-7-10-19-8-5-4-6-9-19/h4-6,8-9,18,21-22,28H,3,7,10-17H2,1-2H3/t21-,22+,28-,29-/m0/s1. The zero-order valence-electron chi connectivity index (χ0n) is 20.3. The number of piperidine rings is 1. The van der Waals surface area contributed by atoms with Crippen molar-refractivity contribution >= 4 is 5.78 Å². The summed E-state index contributed by atoms with van der Waals surface area (Å²) in [5, 5.41) is 0. The summed E-state index contributed by atoms with van der Waals surface area (Å²) in [6, 6.07) is 13.0. The van der Waals surface area contributed by atoms with E-state index in [2.05, 4.69) is 42.2 Å². The van der Waals surface area contributed by atoms with Crippen LogP contribution in [0.5, 0.6) is 17.2 Å². The van der Waals surface area contributed by atoms with E-state index >= 15 is 0 Å². The average Bonchev–Trinajstić information content (AvgIpc) is 3.21. The van der Waals surface area contributed by atoms with E-state index in [-0.39, 0.29) is 17.3 Å². The van der Waals surface area contributed by atoms with Crippen LogP contribution in [0.25, 0.3) is 0 Å². The molecule has 34 heavy (non-hydrogen) atoms. The normalized spacial score (nSPS) is 28.9. The summed E-state index contributed by atoms with van der Waals surface area (Å²) in [5.41, 5.74) is 3.61. The molecule has 180 valence electrons. The van der Waals surface area contributed by atoms with Crippen molar-refractivity contribution < 1.29 is 19.0 Å².